The highest BCUT2D eigenvalue weighted by Gasteiger charge is 2.29. The van der Waals surface area contributed by atoms with Crippen LogP contribution in [0, 0.1) is 5.92 Å². The van der Waals surface area contributed by atoms with Gasteiger partial charge in [-0.3, -0.25) is 0 Å². The third kappa shape index (κ3) is 3.43. The van der Waals surface area contributed by atoms with E-state index in [0.717, 1.165) is 6.42 Å². The number of nitrogens with one attached hydrogen (secondary N) is 1. The van der Waals surface area contributed by atoms with Crippen molar-refractivity contribution in [1.82, 2.24) is 4.90 Å². The average Bonchev–Trinajstić information content (AvgIpc) is 2.90. The molecule has 0 saturated carbocycles. The number of rotatable bonds is 3. The van der Waals surface area contributed by atoms with Crippen LogP contribution in [-0.2, 0) is 0 Å². The quantitative estimate of drug-likeness (QED) is 0.629. The first-order valence-corrected chi connectivity index (χ1v) is 6.68. The number of hydrogen-bond acceptors (Lipinski definition) is 4. The van der Waals surface area contributed by atoms with E-state index in [-0.39, 0.29) is 23.3 Å². The summed E-state index contributed by atoms with van der Waals surface area (Å²) in [7, 11) is 0. The van der Waals surface area contributed by atoms with E-state index in [9.17, 15) is 19.8 Å². The Morgan fingerprint density at radius 3 is 2.71 bits per heavy atom. The number of likely N-dealkylation sites (tertiary alicyclic amines) is 1. The van der Waals surface area contributed by atoms with Crippen LogP contribution in [0.25, 0.3) is 0 Å². The fraction of sp³-hybridized carbons (Fsp3) is 0.429. The van der Waals surface area contributed by atoms with E-state index in [1.54, 1.807) is 11.8 Å². The Morgan fingerprint density at radius 2 is 2.14 bits per heavy atom. The molecule has 0 aromatic heterocycles. The van der Waals surface area contributed by atoms with Gasteiger partial charge in [0.15, 0.2) is 0 Å². The summed E-state index contributed by atoms with van der Waals surface area (Å²) in [5.74, 6) is -1.56. The van der Waals surface area contributed by atoms with Crippen LogP contribution in [0.4, 0.5) is 10.5 Å². The number of aliphatic hydroxyl groups is 1. The van der Waals surface area contributed by atoms with Gasteiger partial charge in [-0.1, -0.05) is 0 Å². The summed E-state index contributed by atoms with van der Waals surface area (Å²) in [6, 6.07) is 3.52. The number of benzene rings is 1. The van der Waals surface area contributed by atoms with Crippen LogP contribution in [0.2, 0.25) is 0 Å². The van der Waals surface area contributed by atoms with Crippen molar-refractivity contribution in [3.8, 4) is 5.75 Å². The van der Waals surface area contributed by atoms with Crippen molar-refractivity contribution in [3.05, 3.63) is 23.8 Å². The summed E-state index contributed by atoms with van der Waals surface area (Å²) in [5, 5.41) is 30.5. The van der Waals surface area contributed by atoms with Crippen molar-refractivity contribution >= 4 is 17.7 Å². The van der Waals surface area contributed by atoms with Crippen LogP contribution in [-0.4, -0.2) is 51.4 Å². The monoisotopic (exact) mass is 294 g/mol. The van der Waals surface area contributed by atoms with Gasteiger partial charge in [0.1, 0.15) is 11.3 Å². The molecule has 7 heteroatoms. The van der Waals surface area contributed by atoms with E-state index in [1.165, 1.54) is 18.2 Å². The van der Waals surface area contributed by atoms with Gasteiger partial charge in [-0.2, -0.15) is 0 Å². The van der Waals surface area contributed by atoms with Crippen molar-refractivity contribution in [2.75, 3.05) is 18.4 Å². The molecule has 1 aliphatic heterocycles. The molecular formula is C14H18N2O5. The molecule has 1 aliphatic rings. The summed E-state index contributed by atoms with van der Waals surface area (Å²) in [6.07, 6.45) is 0.274. The van der Waals surface area contributed by atoms with Gasteiger partial charge in [-0.15, -0.1) is 0 Å². The topological polar surface area (TPSA) is 110 Å². The van der Waals surface area contributed by atoms with Crippen LogP contribution in [0.1, 0.15) is 23.7 Å². The molecule has 2 atom stereocenters. The van der Waals surface area contributed by atoms with Gasteiger partial charge < -0.3 is 25.5 Å². The predicted molar refractivity (Wildman–Crippen MR) is 75.4 cm³/mol. The minimum Gasteiger partial charge on any atom is -0.507 e. The Bertz CT molecular complexity index is 558. The first-order valence-electron chi connectivity index (χ1n) is 6.68. The predicted octanol–water partition coefficient (Wildman–Crippen LogP) is 1.33. The molecule has 1 aromatic carbocycles. The molecule has 1 aromatic rings. The Balaban J connectivity index is 2.04. The molecule has 2 unspecified atom stereocenters. The van der Waals surface area contributed by atoms with Crippen molar-refractivity contribution in [2.45, 2.75) is 19.4 Å². The first kappa shape index (κ1) is 15.1. The molecule has 1 heterocycles. The van der Waals surface area contributed by atoms with E-state index >= 15 is 0 Å². The van der Waals surface area contributed by atoms with Gasteiger partial charge in [-0.05, 0) is 31.5 Å². The third-order valence-corrected chi connectivity index (χ3v) is 3.67. The lowest BCUT2D eigenvalue weighted by molar-refractivity contribution is 0.0693. The number of carbonyl (C=O) groups is 2. The lowest BCUT2D eigenvalue weighted by Gasteiger charge is -2.18. The number of nitrogens with zero attached hydrogens (tertiary/aromatic N) is 1. The summed E-state index contributed by atoms with van der Waals surface area (Å²) in [4.78, 5) is 24.6. The molecule has 1 fully saturated rings. The second kappa shape index (κ2) is 6.01. The van der Waals surface area contributed by atoms with E-state index in [0.29, 0.717) is 18.8 Å². The van der Waals surface area contributed by atoms with Gasteiger partial charge in [0.2, 0.25) is 0 Å². The second-order valence-electron chi connectivity index (χ2n) is 5.20. The Labute approximate surface area is 121 Å². The summed E-state index contributed by atoms with van der Waals surface area (Å²) >= 11 is 0. The number of carboxylic acid groups (broad SMARTS) is 1. The van der Waals surface area contributed by atoms with Crippen LogP contribution in [0.15, 0.2) is 18.2 Å². The first-order chi connectivity index (χ1) is 9.88. The maximum Gasteiger partial charge on any atom is 0.339 e. The number of aliphatic hydroxyl groups excluding tert-OH is 1. The molecule has 0 aliphatic carbocycles. The number of anilines is 1. The number of aromatic hydroxyl groups is 1. The van der Waals surface area contributed by atoms with Crippen LogP contribution in [0.5, 0.6) is 5.75 Å². The van der Waals surface area contributed by atoms with E-state index in [2.05, 4.69) is 5.32 Å². The molecule has 114 valence electrons. The van der Waals surface area contributed by atoms with Crippen molar-refractivity contribution in [3.63, 3.8) is 0 Å². The molecule has 0 bridgehead atoms. The van der Waals surface area contributed by atoms with Gasteiger partial charge in [-0.25, -0.2) is 9.59 Å². The zero-order valence-corrected chi connectivity index (χ0v) is 11.6. The highest BCUT2D eigenvalue weighted by atomic mass is 16.4. The summed E-state index contributed by atoms with van der Waals surface area (Å²) in [6.45, 7) is 2.71. The molecule has 21 heavy (non-hydrogen) atoms. The molecule has 0 radical (unpaired) electrons. The van der Waals surface area contributed by atoms with E-state index in [4.69, 9.17) is 5.11 Å². The standard InChI is InChI=1S/C14H18N2O5/c1-8(17)9-4-5-16(7-9)14(21)15-10-2-3-12(18)11(6-10)13(19)20/h2-3,6,8-9,17-18H,4-5,7H2,1H3,(H,15,21)(H,19,20). The van der Waals surface area contributed by atoms with Crippen LogP contribution < -0.4 is 5.32 Å². The molecular weight excluding hydrogens is 276 g/mol. The number of amides is 2. The lowest BCUT2D eigenvalue weighted by Crippen LogP contribution is -2.34. The molecule has 2 rings (SSSR count). The fourth-order valence-electron chi connectivity index (χ4n) is 2.35. The SMILES string of the molecule is CC(O)C1CCN(C(=O)Nc2ccc(O)c(C(=O)O)c2)C1. The van der Waals surface area contributed by atoms with Gasteiger partial charge >= 0.3 is 12.0 Å². The van der Waals surface area contributed by atoms with Gasteiger partial charge in [0, 0.05) is 24.7 Å². The number of carboxylic acids is 1. The summed E-state index contributed by atoms with van der Waals surface area (Å²) < 4.78 is 0. The second-order valence-corrected chi connectivity index (χ2v) is 5.20. The van der Waals surface area contributed by atoms with E-state index < -0.39 is 12.1 Å². The maximum atomic E-state index is 12.1. The molecule has 4 N–H and O–H groups in total. The van der Waals surface area contributed by atoms with Crippen molar-refractivity contribution < 1.29 is 24.9 Å². The van der Waals surface area contributed by atoms with Gasteiger partial charge in [0.05, 0.1) is 6.10 Å². The highest BCUT2D eigenvalue weighted by molar-refractivity contribution is 5.95. The van der Waals surface area contributed by atoms with Crippen LogP contribution >= 0.6 is 0 Å². The molecule has 0 spiro atoms. The normalized spacial score (nSPS) is 19.3. The molecule has 7 nitrogen and oxygen atoms in total. The Hall–Kier alpha value is -2.28. The number of hydrogen-bond donors (Lipinski definition) is 4. The largest absolute Gasteiger partial charge is 0.507 e. The summed E-state index contributed by atoms with van der Waals surface area (Å²) in [5.41, 5.74) is 0.0341. The van der Waals surface area contributed by atoms with Crippen molar-refractivity contribution in [1.29, 1.82) is 0 Å². The minimum absolute atomic E-state index is 0.0603. The highest BCUT2D eigenvalue weighted by Crippen LogP contribution is 2.23. The number of carbonyl (C=O) groups excluding carboxylic acids is 1. The Kier molecular flexibility index (Phi) is 4.32. The third-order valence-electron chi connectivity index (χ3n) is 3.67. The number of urea groups is 1. The number of aromatic carboxylic acids is 1. The zero-order chi connectivity index (χ0) is 15.6. The van der Waals surface area contributed by atoms with Gasteiger partial charge in [0.25, 0.3) is 0 Å². The average molecular weight is 294 g/mol. The van der Waals surface area contributed by atoms with E-state index in [1.807, 2.05) is 0 Å². The minimum atomic E-state index is -1.26. The molecule has 2 amide bonds. The lowest BCUT2D eigenvalue weighted by atomic mass is 10.0. The molecule has 1 saturated heterocycles. The smallest absolute Gasteiger partial charge is 0.339 e. The van der Waals surface area contributed by atoms with Crippen LogP contribution in [0.3, 0.4) is 0 Å². The maximum absolute atomic E-state index is 12.1. The number of phenols is 1. The van der Waals surface area contributed by atoms with Crippen molar-refractivity contribution in [2.24, 2.45) is 5.92 Å². The fourth-order valence-corrected chi connectivity index (χ4v) is 2.35. The zero-order valence-electron chi connectivity index (χ0n) is 11.6. The Morgan fingerprint density at radius 1 is 1.43 bits per heavy atom.